The summed E-state index contributed by atoms with van der Waals surface area (Å²) < 4.78 is 0. The monoisotopic (exact) mass is 348 g/mol. The summed E-state index contributed by atoms with van der Waals surface area (Å²) in [6.45, 7) is 2.46. The Bertz CT molecular complexity index is 602. The highest BCUT2D eigenvalue weighted by Crippen LogP contribution is 2.49. The van der Waals surface area contributed by atoms with Gasteiger partial charge in [-0.3, -0.25) is 9.59 Å². The van der Waals surface area contributed by atoms with Crippen molar-refractivity contribution >= 4 is 23.4 Å². The molecule has 2 amide bonds. The standard InChI is InChI=1S/C19H25ClN2O2/c1-12(17-11-13-2-3-15(17)10-13)22-18(23)8-9-21-19(24)14-4-6-16(20)7-5-14/h4-7,12-13,15,17H,2-3,8-11H2,1H3,(H,21,24)(H,22,23). The quantitative estimate of drug-likeness (QED) is 0.827. The Labute approximate surface area is 148 Å². The second kappa shape index (κ2) is 7.56. The van der Waals surface area contributed by atoms with Crippen molar-refractivity contribution in [1.29, 1.82) is 0 Å². The van der Waals surface area contributed by atoms with Crippen LogP contribution in [0.5, 0.6) is 0 Å². The maximum absolute atomic E-state index is 12.1. The summed E-state index contributed by atoms with van der Waals surface area (Å²) in [5.74, 6) is 2.16. The number of amides is 2. The highest BCUT2D eigenvalue weighted by molar-refractivity contribution is 6.30. The molecule has 2 aliphatic carbocycles. The van der Waals surface area contributed by atoms with E-state index < -0.39 is 0 Å². The van der Waals surface area contributed by atoms with E-state index in [1.165, 1.54) is 25.7 Å². The van der Waals surface area contributed by atoms with E-state index in [9.17, 15) is 9.59 Å². The predicted molar refractivity (Wildman–Crippen MR) is 94.9 cm³/mol. The van der Waals surface area contributed by atoms with E-state index in [1.54, 1.807) is 24.3 Å². The molecule has 2 saturated carbocycles. The van der Waals surface area contributed by atoms with Gasteiger partial charge in [0.15, 0.2) is 0 Å². The maximum atomic E-state index is 12.1. The molecule has 0 radical (unpaired) electrons. The molecule has 0 aliphatic heterocycles. The molecule has 2 fully saturated rings. The van der Waals surface area contributed by atoms with Gasteiger partial charge in [-0.25, -0.2) is 0 Å². The number of hydrogen-bond acceptors (Lipinski definition) is 2. The van der Waals surface area contributed by atoms with E-state index in [0.717, 1.165) is 11.8 Å². The van der Waals surface area contributed by atoms with Gasteiger partial charge >= 0.3 is 0 Å². The minimum atomic E-state index is -0.180. The molecule has 4 nitrogen and oxygen atoms in total. The molecule has 2 aliphatic rings. The lowest BCUT2D eigenvalue weighted by Gasteiger charge is -2.28. The van der Waals surface area contributed by atoms with Crippen LogP contribution < -0.4 is 10.6 Å². The zero-order valence-electron chi connectivity index (χ0n) is 14.1. The molecule has 0 spiro atoms. The fourth-order valence-corrected chi connectivity index (χ4v) is 4.46. The van der Waals surface area contributed by atoms with Crippen LogP contribution in [0.3, 0.4) is 0 Å². The molecule has 3 rings (SSSR count). The van der Waals surface area contributed by atoms with Crippen molar-refractivity contribution < 1.29 is 9.59 Å². The summed E-state index contributed by atoms with van der Waals surface area (Å²) in [5.41, 5.74) is 0.551. The van der Waals surface area contributed by atoms with Crippen LogP contribution in [0.25, 0.3) is 0 Å². The number of benzene rings is 1. The maximum Gasteiger partial charge on any atom is 0.251 e. The molecule has 1 aromatic rings. The third-order valence-electron chi connectivity index (χ3n) is 5.57. The van der Waals surface area contributed by atoms with E-state index in [4.69, 9.17) is 11.6 Å². The molecule has 5 heteroatoms. The first-order valence-electron chi connectivity index (χ1n) is 8.86. The number of halogens is 1. The van der Waals surface area contributed by atoms with E-state index in [-0.39, 0.29) is 17.9 Å². The van der Waals surface area contributed by atoms with Gasteiger partial charge in [0.25, 0.3) is 5.91 Å². The summed E-state index contributed by atoms with van der Waals surface area (Å²) >= 11 is 5.80. The Kier molecular flexibility index (Phi) is 5.44. The second-order valence-corrected chi connectivity index (χ2v) is 7.64. The highest BCUT2D eigenvalue weighted by atomic mass is 35.5. The molecule has 1 aromatic carbocycles. The van der Waals surface area contributed by atoms with E-state index in [1.807, 2.05) is 0 Å². The largest absolute Gasteiger partial charge is 0.353 e. The molecule has 2 N–H and O–H groups in total. The summed E-state index contributed by atoms with van der Waals surface area (Å²) in [6, 6.07) is 6.95. The van der Waals surface area contributed by atoms with E-state index in [2.05, 4.69) is 17.6 Å². The molecule has 0 heterocycles. The number of fused-ring (bicyclic) bond motifs is 2. The lowest BCUT2D eigenvalue weighted by atomic mass is 9.84. The topological polar surface area (TPSA) is 58.2 Å². The van der Waals surface area contributed by atoms with Gasteiger partial charge in [0.05, 0.1) is 0 Å². The average molecular weight is 349 g/mol. The first kappa shape index (κ1) is 17.3. The van der Waals surface area contributed by atoms with Gasteiger partial charge in [0, 0.05) is 29.6 Å². The zero-order chi connectivity index (χ0) is 17.1. The summed E-state index contributed by atoms with van der Waals surface area (Å²) in [5, 5.41) is 6.49. The van der Waals surface area contributed by atoms with Crippen molar-refractivity contribution in [3.05, 3.63) is 34.9 Å². The molecular weight excluding hydrogens is 324 g/mol. The fraction of sp³-hybridized carbons (Fsp3) is 0.579. The van der Waals surface area contributed by atoms with Crippen molar-refractivity contribution in [3.8, 4) is 0 Å². The second-order valence-electron chi connectivity index (χ2n) is 7.21. The molecule has 0 saturated heterocycles. The van der Waals surface area contributed by atoms with Crippen LogP contribution in [0.15, 0.2) is 24.3 Å². The molecule has 24 heavy (non-hydrogen) atoms. The number of hydrogen-bond donors (Lipinski definition) is 2. The number of nitrogens with one attached hydrogen (secondary N) is 2. The van der Waals surface area contributed by atoms with Crippen LogP contribution in [0.4, 0.5) is 0 Å². The first-order chi connectivity index (χ1) is 11.5. The number of rotatable bonds is 6. The Morgan fingerprint density at radius 2 is 1.96 bits per heavy atom. The van der Waals surface area contributed by atoms with Gasteiger partial charge in [-0.1, -0.05) is 18.0 Å². The van der Waals surface area contributed by atoms with E-state index >= 15 is 0 Å². The third kappa shape index (κ3) is 4.10. The molecule has 0 aromatic heterocycles. The van der Waals surface area contributed by atoms with Crippen LogP contribution in [-0.2, 0) is 4.79 Å². The van der Waals surface area contributed by atoms with Crippen LogP contribution >= 0.6 is 11.6 Å². The third-order valence-corrected chi connectivity index (χ3v) is 5.82. The van der Waals surface area contributed by atoms with Crippen LogP contribution in [0, 0.1) is 17.8 Å². The van der Waals surface area contributed by atoms with Crippen LogP contribution in [0.1, 0.15) is 49.4 Å². The van der Waals surface area contributed by atoms with Crippen molar-refractivity contribution in [2.24, 2.45) is 17.8 Å². The Morgan fingerprint density at radius 3 is 2.58 bits per heavy atom. The minimum Gasteiger partial charge on any atom is -0.353 e. The Morgan fingerprint density at radius 1 is 1.21 bits per heavy atom. The summed E-state index contributed by atoms with van der Waals surface area (Å²) in [7, 11) is 0. The smallest absolute Gasteiger partial charge is 0.251 e. The summed E-state index contributed by atoms with van der Waals surface area (Å²) in [4.78, 5) is 24.1. The van der Waals surface area contributed by atoms with Gasteiger partial charge in [-0.05, 0) is 68.2 Å². The lowest BCUT2D eigenvalue weighted by Crippen LogP contribution is -2.41. The lowest BCUT2D eigenvalue weighted by molar-refractivity contribution is -0.122. The zero-order valence-corrected chi connectivity index (χ0v) is 14.8. The summed E-state index contributed by atoms with van der Waals surface area (Å²) in [6.07, 6.45) is 5.62. The van der Waals surface area contributed by atoms with Crippen molar-refractivity contribution in [2.75, 3.05) is 6.54 Å². The SMILES string of the molecule is CC(NC(=O)CCNC(=O)c1ccc(Cl)cc1)C1CC2CCC1C2. The van der Waals surface area contributed by atoms with Gasteiger partial charge in [0.2, 0.25) is 5.91 Å². The molecular formula is C19H25ClN2O2. The Hall–Kier alpha value is -1.55. The predicted octanol–water partition coefficient (Wildman–Crippen LogP) is 3.40. The molecule has 4 unspecified atom stereocenters. The van der Waals surface area contributed by atoms with Crippen LogP contribution in [0.2, 0.25) is 5.02 Å². The van der Waals surface area contributed by atoms with E-state index in [0.29, 0.717) is 29.5 Å². The van der Waals surface area contributed by atoms with Gasteiger partial charge in [0.1, 0.15) is 0 Å². The normalized spacial score (nSPS) is 26.2. The Balaban J connectivity index is 1.38. The number of carbonyl (C=O) groups excluding carboxylic acids is 2. The van der Waals surface area contributed by atoms with Crippen molar-refractivity contribution in [3.63, 3.8) is 0 Å². The van der Waals surface area contributed by atoms with Gasteiger partial charge in [-0.15, -0.1) is 0 Å². The van der Waals surface area contributed by atoms with Crippen molar-refractivity contribution in [1.82, 2.24) is 10.6 Å². The van der Waals surface area contributed by atoms with Gasteiger partial charge in [-0.2, -0.15) is 0 Å². The van der Waals surface area contributed by atoms with Gasteiger partial charge < -0.3 is 10.6 Å². The molecule has 2 bridgehead atoms. The average Bonchev–Trinajstić information content (AvgIpc) is 3.18. The molecule has 130 valence electrons. The van der Waals surface area contributed by atoms with Crippen LogP contribution in [-0.4, -0.2) is 24.4 Å². The minimum absolute atomic E-state index is 0.0154. The first-order valence-corrected chi connectivity index (χ1v) is 9.24. The highest BCUT2D eigenvalue weighted by Gasteiger charge is 2.42. The molecule has 4 atom stereocenters. The van der Waals surface area contributed by atoms with Crippen molar-refractivity contribution in [2.45, 2.75) is 45.1 Å². The number of carbonyl (C=O) groups is 2. The fourth-order valence-electron chi connectivity index (χ4n) is 4.33.